The van der Waals surface area contributed by atoms with Gasteiger partial charge in [0, 0.05) is 30.6 Å². The zero-order valence-electron chi connectivity index (χ0n) is 13.1. The van der Waals surface area contributed by atoms with Crippen LogP contribution in [0.2, 0.25) is 0 Å². The molecule has 6 heteroatoms. The number of fused-ring (bicyclic) bond motifs is 1. The fourth-order valence-corrected chi connectivity index (χ4v) is 2.93. The Morgan fingerprint density at radius 2 is 2.23 bits per heavy atom. The Kier molecular flexibility index (Phi) is 4.40. The summed E-state index contributed by atoms with van der Waals surface area (Å²) >= 11 is 0. The number of hydrogen-bond donors (Lipinski definition) is 2. The molecule has 0 bridgehead atoms. The molecular formula is C16H23N5O. The fraction of sp³-hybridized carbons (Fsp3) is 0.500. The van der Waals surface area contributed by atoms with Crippen LogP contribution in [0.3, 0.4) is 0 Å². The first-order chi connectivity index (χ1) is 10.6. The number of morpholine rings is 1. The van der Waals surface area contributed by atoms with Crippen LogP contribution in [0.15, 0.2) is 24.3 Å². The van der Waals surface area contributed by atoms with Crippen LogP contribution >= 0.6 is 0 Å². The van der Waals surface area contributed by atoms with Gasteiger partial charge < -0.3 is 15.8 Å². The van der Waals surface area contributed by atoms with E-state index in [1.165, 1.54) is 0 Å². The number of hydrogen-bond acceptors (Lipinski definition) is 6. The Labute approximate surface area is 130 Å². The summed E-state index contributed by atoms with van der Waals surface area (Å²) in [7, 11) is 0. The first-order valence-corrected chi connectivity index (χ1v) is 7.75. The molecule has 22 heavy (non-hydrogen) atoms. The van der Waals surface area contributed by atoms with Crippen molar-refractivity contribution in [1.29, 1.82) is 0 Å². The number of rotatable bonds is 4. The predicted octanol–water partition coefficient (Wildman–Crippen LogP) is 1.73. The topological polar surface area (TPSA) is 76.3 Å². The summed E-state index contributed by atoms with van der Waals surface area (Å²) in [5, 5.41) is 4.20. The third-order valence-corrected chi connectivity index (χ3v) is 4.17. The second-order valence-corrected chi connectivity index (χ2v) is 5.84. The molecule has 2 heterocycles. The molecule has 2 atom stereocenters. The lowest BCUT2D eigenvalue weighted by molar-refractivity contribution is -0.0159. The van der Waals surface area contributed by atoms with E-state index in [2.05, 4.69) is 34.0 Å². The third kappa shape index (κ3) is 3.13. The van der Waals surface area contributed by atoms with Gasteiger partial charge in [-0.3, -0.25) is 4.90 Å². The second kappa shape index (κ2) is 6.46. The molecule has 1 aromatic carbocycles. The van der Waals surface area contributed by atoms with Gasteiger partial charge in [-0.25, -0.2) is 4.98 Å². The summed E-state index contributed by atoms with van der Waals surface area (Å²) < 4.78 is 5.49. The Hall–Kier alpha value is -1.92. The number of nitrogens with zero attached hydrogens (tertiary/aromatic N) is 3. The molecule has 0 radical (unpaired) electrons. The van der Waals surface area contributed by atoms with E-state index in [-0.39, 0.29) is 0 Å². The van der Waals surface area contributed by atoms with Crippen molar-refractivity contribution in [3.63, 3.8) is 0 Å². The van der Waals surface area contributed by atoms with Crippen molar-refractivity contribution in [3.8, 4) is 0 Å². The minimum absolute atomic E-state index is 0.384. The van der Waals surface area contributed by atoms with E-state index in [1.807, 2.05) is 24.3 Å². The molecule has 3 rings (SSSR count). The van der Waals surface area contributed by atoms with Crippen LogP contribution in [0.25, 0.3) is 10.9 Å². The van der Waals surface area contributed by atoms with E-state index < -0.39 is 0 Å². The lowest BCUT2D eigenvalue weighted by Gasteiger charge is -2.37. The largest absolute Gasteiger partial charge is 0.383 e. The summed E-state index contributed by atoms with van der Waals surface area (Å²) in [5.41, 5.74) is 6.88. The smallest absolute Gasteiger partial charge is 0.225 e. The quantitative estimate of drug-likeness (QED) is 0.896. The normalized spacial score (nSPS) is 20.9. The highest BCUT2D eigenvalue weighted by Gasteiger charge is 2.23. The molecule has 0 saturated carbocycles. The molecule has 118 valence electrons. The van der Waals surface area contributed by atoms with E-state index in [4.69, 9.17) is 10.5 Å². The van der Waals surface area contributed by atoms with Gasteiger partial charge in [0.25, 0.3) is 0 Å². The predicted molar refractivity (Wildman–Crippen MR) is 88.9 cm³/mol. The van der Waals surface area contributed by atoms with Gasteiger partial charge in [0.2, 0.25) is 5.95 Å². The Bertz CT molecular complexity index is 647. The number of nitrogen functional groups attached to an aromatic ring is 1. The SMILES string of the molecule is C[C@H](CNc1nc(N)c2ccccc2n1)N1CCOC[C@H]1C. The van der Waals surface area contributed by atoms with Crippen LogP contribution in [-0.2, 0) is 4.74 Å². The van der Waals surface area contributed by atoms with Gasteiger partial charge in [0.15, 0.2) is 0 Å². The summed E-state index contributed by atoms with van der Waals surface area (Å²) in [6.45, 7) is 7.74. The van der Waals surface area contributed by atoms with Crippen LogP contribution in [0.1, 0.15) is 13.8 Å². The van der Waals surface area contributed by atoms with Gasteiger partial charge in [-0.2, -0.15) is 4.98 Å². The number of nitrogens with one attached hydrogen (secondary N) is 1. The van der Waals surface area contributed by atoms with Crippen molar-refractivity contribution >= 4 is 22.7 Å². The Balaban J connectivity index is 1.68. The molecule has 0 aliphatic carbocycles. The highest BCUT2D eigenvalue weighted by atomic mass is 16.5. The molecule has 1 aliphatic rings. The van der Waals surface area contributed by atoms with Gasteiger partial charge in [-0.1, -0.05) is 12.1 Å². The summed E-state index contributed by atoms with van der Waals surface area (Å²) in [6.07, 6.45) is 0. The van der Waals surface area contributed by atoms with Gasteiger partial charge >= 0.3 is 0 Å². The minimum atomic E-state index is 0.384. The lowest BCUT2D eigenvalue weighted by atomic mass is 10.2. The highest BCUT2D eigenvalue weighted by molar-refractivity contribution is 5.88. The maximum atomic E-state index is 6.01. The van der Waals surface area contributed by atoms with Crippen molar-refractivity contribution in [3.05, 3.63) is 24.3 Å². The molecule has 6 nitrogen and oxygen atoms in total. The van der Waals surface area contributed by atoms with Crippen molar-refractivity contribution in [1.82, 2.24) is 14.9 Å². The van der Waals surface area contributed by atoms with Crippen LogP contribution in [-0.4, -0.2) is 53.3 Å². The maximum absolute atomic E-state index is 6.01. The van der Waals surface area contributed by atoms with Crippen LogP contribution < -0.4 is 11.1 Å². The zero-order chi connectivity index (χ0) is 15.5. The number of ether oxygens (including phenoxy) is 1. The van der Waals surface area contributed by atoms with E-state index in [9.17, 15) is 0 Å². The van der Waals surface area contributed by atoms with Crippen molar-refractivity contribution < 1.29 is 4.74 Å². The first kappa shape index (κ1) is 15.0. The summed E-state index contributed by atoms with van der Waals surface area (Å²) in [5.74, 6) is 1.10. The molecule has 0 unspecified atom stereocenters. The number of anilines is 2. The molecule has 2 aromatic rings. The van der Waals surface area contributed by atoms with Crippen molar-refractivity contribution in [2.75, 3.05) is 37.4 Å². The maximum Gasteiger partial charge on any atom is 0.225 e. The molecule has 0 spiro atoms. The van der Waals surface area contributed by atoms with E-state index >= 15 is 0 Å². The van der Waals surface area contributed by atoms with Crippen LogP contribution in [0.4, 0.5) is 11.8 Å². The van der Waals surface area contributed by atoms with Gasteiger partial charge in [0.05, 0.1) is 18.7 Å². The van der Waals surface area contributed by atoms with Gasteiger partial charge in [-0.15, -0.1) is 0 Å². The lowest BCUT2D eigenvalue weighted by Crippen LogP contribution is -2.50. The summed E-state index contributed by atoms with van der Waals surface area (Å²) in [4.78, 5) is 11.3. The van der Waals surface area contributed by atoms with Crippen molar-refractivity contribution in [2.24, 2.45) is 0 Å². The molecule has 1 saturated heterocycles. The fourth-order valence-electron chi connectivity index (χ4n) is 2.93. The molecule has 1 fully saturated rings. The second-order valence-electron chi connectivity index (χ2n) is 5.84. The van der Waals surface area contributed by atoms with E-state index in [1.54, 1.807) is 0 Å². The van der Waals surface area contributed by atoms with Gasteiger partial charge in [0.1, 0.15) is 5.82 Å². The first-order valence-electron chi connectivity index (χ1n) is 7.75. The average Bonchev–Trinajstić information content (AvgIpc) is 2.53. The van der Waals surface area contributed by atoms with Crippen molar-refractivity contribution in [2.45, 2.75) is 25.9 Å². The van der Waals surface area contributed by atoms with E-state index in [0.29, 0.717) is 23.8 Å². The standard InChI is InChI=1S/C16H23N5O/c1-11(21-7-8-22-10-12(21)2)9-18-16-19-14-6-4-3-5-13(14)15(17)20-16/h3-6,11-12H,7-10H2,1-2H3,(H3,17,18,19,20)/t11-,12-/m1/s1. The van der Waals surface area contributed by atoms with Gasteiger partial charge in [-0.05, 0) is 26.0 Å². The highest BCUT2D eigenvalue weighted by Crippen LogP contribution is 2.19. The number of aromatic nitrogens is 2. The number of nitrogens with two attached hydrogens (primary N) is 1. The molecule has 3 N–H and O–H groups in total. The Morgan fingerprint density at radius 3 is 3.05 bits per heavy atom. The molecule has 0 amide bonds. The molecular weight excluding hydrogens is 278 g/mol. The molecule has 1 aliphatic heterocycles. The Morgan fingerprint density at radius 1 is 1.41 bits per heavy atom. The van der Waals surface area contributed by atoms with Crippen LogP contribution in [0.5, 0.6) is 0 Å². The van der Waals surface area contributed by atoms with E-state index in [0.717, 1.165) is 37.2 Å². The minimum Gasteiger partial charge on any atom is -0.383 e. The summed E-state index contributed by atoms with van der Waals surface area (Å²) in [6, 6.07) is 8.61. The third-order valence-electron chi connectivity index (χ3n) is 4.17. The number of benzene rings is 1. The van der Waals surface area contributed by atoms with Crippen LogP contribution in [0, 0.1) is 0 Å². The number of para-hydroxylation sites is 1. The monoisotopic (exact) mass is 301 g/mol. The average molecular weight is 301 g/mol. The zero-order valence-corrected chi connectivity index (χ0v) is 13.1. The molecule has 1 aromatic heterocycles.